The van der Waals surface area contributed by atoms with E-state index < -0.39 is 0 Å². The predicted molar refractivity (Wildman–Crippen MR) is 76.6 cm³/mol. The van der Waals surface area contributed by atoms with Gasteiger partial charge in [-0.3, -0.25) is 0 Å². The Bertz CT molecular complexity index is 493. The summed E-state index contributed by atoms with van der Waals surface area (Å²) in [6, 6.07) is 9.57. The van der Waals surface area contributed by atoms with E-state index in [4.69, 9.17) is 0 Å². The van der Waals surface area contributed by atoms with Gasteiger partial charge in [-0.25, -0.2) is 0 Å². The maximum Gasteiger partial charge on any atom is 0.0454 e. The smallest absolute Gasteiger partial charge is 0.0454 e. The van der Waals surface area contributed by atoms with Gasteiger partial charge in [0.1, 0.15) is 0 Å². The third-order valence-corrected chi connectivity index (χ3v) is 4.07. The second-order valence-electron chi connectivity index (χ2n) is 5.47. The predicted octanol–water partition coefficient (Wildman–Crippen LogP) is 3.98. The van der Waals surface area contributed by atoms with Crippen molar-refractivity contribution in [2.75, 3.05) is 0 Å². The van der Waals surface area contributed by atoms with E-state index in [0.29, 0.717) is 0 Å². The van der Waals surface area contributed by atoms with Crippen LogP contribution in [0.2, 0.25) is 0 Å². The minimum absolute atomic E-state index is 0.731. The lowest BCUT2D eigenvalue weighted by molar-refractivity contribution is 0.459. The molecular weight excluding hydrogens is 220 g/mol. The fourth-order valence-electron chi connectivity index (χ4n) is 2.96. The normalized spacial score (nSPS) is 18.0. The summed E-state index contributed by atoms with van der Waals surface area (Å²) in [5, 5.41) is 5.04. The zero-order valence-corrected chi connectivity index (χ0v) is 10.9. The molecule has 0 bridgehead atoms. The first-order valence-corrected chi connectivity index (χ1v) is 7.21. The third-order valence-electron chi connectivity index (χ3n) is 4.07. The van der Waals surface area contributed by atoms with Crippen LogP contribution in [0.1, 0.15) is 44.1 Å². The zero-order chi connectivity index (χ0) is 12.2. The van der Waals surface area contributed by atoms with Crippen LogP contribution in [0.15, 0.2) is 30.5 Å². The first kappa shape index (κ1) is 11.8. The summed E-state index contributed by atoms with van der Waals surface area (Å²) in [5.74, 6) is 0. The molecule has 0 saturated heterocycles. The number of rotatable bonds is 3. The number of hydrogen-bond acceptors (Lipinski definition) is 1. The Morgan fingerprint density at radius 3 is 2.72 bits per heavy atom. The Morgan fingerprint density at radius 1 is 1.06 bits per heavy atom. The molecule has 1 heterocycles. The molecule has 0 spiro atoms. The molecule has 1 aromatic carbocycles. The van der Waals surface area contributed by atoms with Crippen LogP contribution >= 0.6 is 0 Å². The van der Waals surface area contributed by atoms with Crippen LogP contribution in [0.25, 0.3) is 10.9 Å². The fourth-order valence-corrected chi connectivity index (χ4v) is 2.96. The Hall–Kier alpha value is -1.28. The van der Waals surface area contributed by atoms with E-state index in [1.807, 2.05) is 6.20 Å². The molecule has 0 atom stereocenters. The molecule has 0 amide bonds. The van der Waals surface area contributed by atoms with Gasteiger partial charge < -0.3 is 10.3 Å². The summed E-state index contributed by atoms with van der Waals surface area (Å²) in [5.41, 5.74) is 2.62. The highest BCUT2D eigenvalue weighted by atomic mass is 14.9. The molecule has 0 unspecified atom stereocenters. The Kier molecular flexibility index (Phi) is 3.65. The van der Waals surface area contributed by atoms with Crippen LogP contribution in [0.5, 0.6) is 0 Å². The lowest BCUT2D eigenvalue weighted by Crippen LogP contribution is -2.27. The van der Waals surface area contributed by atoms with Gasteiger partial charge in [0.2, 0.25) is 0 Å². The van der Waals surface area contributed by atoms with Gasteiger partial charge in [0.25, 0.3) is 0 Å². The van der Waals surface area contributed by atoms with E-state index >= 15 is 0 Å². The molecule has 96 valence electrons. The van der Waals surface area contributed by atoms with E-state index in [-0.39, 0.29) is 0 Å². The summed E-state index contributed by atoms with van der Waals surface area (Å²) in [6.07, 6.45) is 10.4. The fraction of sp³-hybridized carbons (Fsp3) is 0.500. The third kappa shape index (κ3) is 2.75. The molecule has 1 aromatic heterocycles. The number of H-pyrrole nitrogens is 1. The molecule has 0 radical (unpaired) electrons. The summed E-state index contributed by atoms with van der Waals surface area (Å²) in [4.78, 5) is 3.24. The summed E-state index contributed by atoms with van der Waals surface area (Å²) < 4.78 is 0. The molecule has 2 nitrogen and oxygen atoms in total. The number of hydrogen-bond donors (Lipinski definition) is 2. The first-order chi connectivity index (χ1) is 8.92. The highest BCUT2D eigenvalue weighted by molar-refractivity contribution is 5.79. The van der Waals surface area contributed by atoms with E-state index in [1.165, 1.54) is 55.0 Å². The first-order valence-electron chi connectivity index (χ1n) is 7.21. The standard InChI is InChI=1S/C16H22N2/c1-2-4-6-15(5-3-1)18-12-13-7-8-16-14(11-13)9-10-17-16/h7-11,15,17-18H,1-6,12H2. The van der Waals surface area contributed by atoms with Gasteiger partial charge in [-0.1, -0.05) is 31.7 Å². The summed E-state index contributed by atoms with van der Waals surface area (Å²) in [6.45, 7) is 1.01. The maximum absolute atomic E-state index is 3.72. The van der Waals surface area contributed by atoms with Crippen molar-refractivity contribution in [1.29, 1.82) is 0 Å². The minimum atomic E-state index is 0.731. The number of fused-ring (bicyclic) bond motifs is 1. The van der Waals surface area contributed by atoms with E-state index in [2.05, 4.69) is 34.6 Å². The van der Waals surface area contributed by atoms with Crippen molar-refractivity contribution in [3.63, 3.8) is 0 Å². The molecule has 0 aliphatic heterocycles. The Balaban J connectivity index is 1.61. The average Bonchev–Trinajstić information content (AvgIpc) is 2.70. The van der Waals surface area contributed by atoms with Gasteiger partial charge in [-0.15, -0.1) is 0 Å². The quantitative estimate of drug-likeness (QED) is 0.783. The lowest BCUT2D eigenvalue weighted by atomic mass is 10.1. The van der Waals surface area contributed by atoms with Crippen LogP contribution < -0.4 is 5.32 Å². The summed E-state index contributed by atoms with van der Waals surface area (Å²) >= 11 is 0. The Morgan fingerprint density at radius 2 is 1.89 bits per heavy atom. The van der Waals surface area contributed by atoms with E-state index in [1.54, 1.807) is 0 Å². The van der Waals surface area contributed by atoms with Gasteiger partial charge in [-0.05, 0) is 42.0 Å². The van der Waals surface area contributed by atoms with Crippen molar-refractivity contribution in [3.8, 4) is 0 Å². The van der Waals surface area contributed by atoms with Gasteiger partial charge in [0, 0.05) is 24.3 Å². The molecule has 3 rings (SSSR count). The molecule has 2 N–H and O–H groups in total. The monoisotopic (exact) mass is 242 g/mol. The maximum atomic E-state index is 3.72. The SMILES string of the molecule is c1cc2cc(CNC3CCCCCC3)ccc2[nH]1. The molecule has 18 heavy (non-hydrogen) atoms. The average molecular weight is 242 g/mol. The molecular formula is C16H22N2. The van der Waals surface area contributed by atoms with Crippen molar-refractivity contribution >= 4 is 10.9 Å². The van der Waals surface area contributed by atoms with Gasteiger partial charge in [-0.2, -0.15) is 0 Å². The van der Waals surface area contributed by atoms with Crippen LogP contribution in [-0.4, -0.2) is 11.0 Å². The van der Waals surface area contributed by atoms with Crippen molar-refractivity contribution in [2.24, 2.45) is 0 Å². The largest absolute Gasteiger partial charge is 0.361 e. The van der Waals surface area contributed by atoms with Crippen molar-refractivity contribution in [1.82, 2.24) is 10.3 Å². The second kappa shape index (κ2) is 5.57. The molecule has 1 saturated carbocycles. The van der Waals surface area contributed by atoms with Gasteiger partial charge >= 0.3 is 0 Å². The van der Waals surface area contributed by atoms with Gasteiger partial charge in [0.15, 0.2) is 0 Å². The van der Waals surface area contributed by atoms with Crippen molar-refractivity contribution < 1.29 is 0 Å². The number of nitrogens with one attached hydrogen (secondary N) is 2. The van der Waals surface area contributed by atoms with Crippen LogP contribution in [-0.2, 0) is 6.54 Å². The summed E-state index contributed by atoms with van der Waals surface area (Å²) in [7, 11) is 0. The minimum Gasteiger partial charge on any atom is -0.361 e. The van der Waals surface area contributed by atoms with Crippen LogP contribution in [0.3, 0.4) is 0 Å². The lowest BCUT2D eigenvalue weighted by Gasteiger charge is -2.16. The van der Waals surface area contributed by atoms with Crippen LogP contribution in [0, 0.1) is 0 Å². The van der Waals surface area contributed by atoms with E-state index in [9.17, 15) is 0 Å². The van der Waals surface area contributed by atoms with Gasteiger partial charge in [0.05, 0.1) is 0 Å². The number of aromatic amines is 1. The van der Waals surface area contributed by atoms with Crippen LogP contribution in [0.4, 0.5) is 0 Å². The zero-order valence-electron chi connectivity index (χ0n) is 10.9. The molecule has 2 aromatic rings. The van der Waals surface area contributed by atoms with E-state index in [0.717, 1.165) is 12.6 Å². The highest BCUT2D eigenvalue weighted by Gasteiger charge is 2.11. The second-order valence-corrected chi connectivity index (χ2v) is 5.47. The molecule has 1 aliphatic carbocycles. The molecule has 1 aliphatic rings. The topological polar surface area (TPSA) is 27.8 Å². The van der Waals surface area contributed by atoms with Crippen molar-refractivity contribution in [2.45, 2.75) is 51.1 Å². The molecule has 2 heteroatoms. The number of aromatic nitrogens is 1. The number of benzene rings is 1. The van der Waals surface area contributed by atoms with Crippen molar-refractivity contribution in [3.05, 3.63) is 36.0 Å². The Labute approximate surface area is 109 Å². The highest BCUT2D eigenvalue weighted by Crippen LogP contribution is 2.18. The molecule has 1 fully saturated rings.